The van der Waals surface area contributed by atoms with E-state index in [1.807, 2.05) is 26.0 Å². The molecule has 1 aliphatic heterocycles. The van der Waals surface area contributed by atoms with Gasteiger partial charge < -0.3 is 14.8 Å². The van der Waals surface area contributed by atoms with Crippen molar-refractivity contribution < 1.29 is 22.7 Å². The molecule has 8 heteroatoms. The predicted octanol–water partition coefficient (Wildman–Crippen LogP) is 4.04. The van der Waals surface area contributed by atoms with Crippen molar-refractivity contribution in [2.45, 2.75) is 51.0 Å². The van der Waals surface area contributed by atoms with Gasteiger partial charge in [0, 0.05) is 18.7 Å². The number of nitrogens with one attached hydrogen (secondary N) is 1. The Hall–Kier alpha value is -2.42. The maximum absolute atomic E-state index is 13.1. The number of carbonyl (C=O) groups excluding carboxylic acids is 1. The molecule has 0 aromatic heterocycles. The highest BCUT2D eigenvalue weighted by Gasteiger charge is 2.27. The Balaban J connectivity index is 1.90. The summed E-state index contributed by atoms with van der Waals surface area (Å²) in [5, 5.41) is 2.83. The Morgan fingerprint density at radius 1 is 1.06 bits per heavy atom. The lowest BCUT2D eigenvalue weighted by atomic mass is 9.87. The van der Waals surface area contributed by atoms with Gasteiger partial charge in [-0.3, -0.25) is 4.79 Å². The van der Waals surface area contributed by atoms with Gasteiger partial charge in [-0.15, -0.1) is 0 Å². The Labute approximate surface area is 190 Å². The fraction of sp³-hybridized carbons (Fsp3) is 0.458. The Morgan fingerprint density at radius 2 is 1.69 bits per heavy atom. The van der Waals surface area contributed by atoms with E-state index in [0.717, 1.165) is 5.56 Å². The lowest BCUT2D eigenvalue weighted by molar-refractivity contribution is 0.0730. The van der Waals surface area contributed by atoms with Crippen LogP contribution in [0.1, 0.15) is 50.5 Å². The highest BCUT2D eigenvalue weighted by molar-refractivity contribution is 7.89. The zero-order valence-corrected chi connectivity index (χ0v) is 20.2. The molecule has 0 atom stereocenters. The molecule has 2 aromatic carbocycles. The molecule has 0 bridgehead atoms. The largest absolute Gasteiger partial charge is 0.489 e. The van der Waals surface area contributed by atoms with Crippen LogP contribution in [0.2, 0.25) is 0 Å². The second kappa shape index (κ2) is 9.60. The monoisotopic (exact) mass is 460 g/mol. The normalized spacial score (nSPS) is 15.6. The second-order valence-corrected chi connectivity index (χ2v) is 11.1. The summed E-state index contributed by atoms with van der Waals surface area (Å²) in [4.78, 5) is 13.0. The number of benzene rings is 2. The van der Waals surface area contributed by atoms with Crippen LogP contribution in [-0.4, -0.2) is 51.0 Å². The van der Waals surface area contributed by atoms with E-state index < -0.39 is 10.0 Å². The summed E-state index contributed by atoms with van der Waals surface area (Å²) in [7, 11) is -3.71. The quantitative estimate of drug-likeness (QED) is 0.703. The number of sulfonamides is 1. The van der Waals surface area contributed by atoms with Crippen LogP contribution in [-0.2, 0) is 20.2 Å². The molecular formula is C24H32N2O5S. The van der Waals surface area contributed by atoms with Gasteiger partial charge >= 0.3 is 0 Å². The zero-order chi connectivity index (χ0) is 23.5. The number of rotatable bonds is 6. The first-order valence-electron chi connectivity index (χ1n) is 10.8. The number of nitrogens with zero attached hydrogens (tertiary/aromatic N) is 1. The van der Waals surface area contributed by atoms with E-state index in [1.54, 1.807) is 18.2 Å². The van der Waals surface area contributed by atoms with Crippen molar-refractivity contribution in [1.82, 2.24) is 4.31 Å². The Kier molecular flexibility index (Phi) is 7.27. The van der Waals surface area contributed by atoms with E-state index in [2.05, 4.69) is 26.1 Å². The van der Waals surface area contributed by atoms with Gasteiger partial charge in [-0.2, -0.15) is 4.31 Å². The first-order valence-corrected chi connectivity index (χ1v) is 12.2. The van der Waals surface area contributed by atoms with Crippen LogP contribution in [0.4, 0.5) is 5.69 Å². The molecule has 1 saturated heterocycles. The predicted molar refractivity (Wildman–Crippen MR) is 125 cm³/mol. The average Bonchev–Trinajstić information content (AvgIpc) is 2.74. The summed E-state index contributed by atoms with van der Waals surface area (Å²) in [5.74, 6) is 0.0839. The van der Waals surface area contributed by atoms with E-state index in [1.165, 1.54) is 16.4 Å². The van der Waals surface area contributed by atoms with Gasteiger partial charge in [0.25, 0.3) is 5.91 Å². The molecule has 0 aliphatic carbocycles. The lowest BCUT2D eigenvalue weighted by Gasteiger charge is -2.26. The topological polar surface area (TPSA) is 84.9 Å². The number of hydrogen-bond donors (Lipinski definition) is 1. The van der Waals surface area contributed by atoms with Crippen LogP contribution in [0.25, 0.3) is 0 Å². The van der Waals surface area contributed by atoms with Crippen LogP contribution in [0, 0.1) is 0 Å². The first kappa shape index (κ1) is 24.2. The van der Waals surface area contributed by atoms with Crippen LogP contribution < -0.4 is 10.1 Å². The minimum Gasteiger partial charge on any atom is -0.489 e. The molecule has 0 spiro atoms. The van der Waals surface area contributed by atoms with Crippen LogP contribution in [0.15, 0.2) is 47.4 Å². The summed E-state index contributed by atoms with van der Waals surface area (Å²) in [5.41, 5.74) is 1.90. The van der Waals surface area contributed by atoms with Gasteiger partial charge in [0.15, 0.2) is 0 Å². The Morgan fingerprint density at radius 3 is 2.25 bits per heavy atom. The highest BCUT2D eigenvalue weighted by atomic mass is 32.2. The van der Waals surface area contributed by atoms with Crippen LogP contribution >= 0.6 is 0 Å². The van der Waals surface area contributed by atoms with E-state index in [-0.39, 0.29) is 22.3 Å². The number of amides is 1. The van der Waals surface area contributed by atoms with Crippen molar-refractivity contribution in [2.24, 2.45) is 0 Å². The van der Waals surface area contributed by atoms with Crippen molar-refractivity contribution >= 4 is 21.6 Å². The SMILES string of the molecule is CC(C)Oc1ccc(S(=O)(=O)N2CCOCC2)cc1NC(=O)c1ccc(C(C)(C)C)cc1. The number of carbonyl (C=O) groups is 1. The summed E-state index contributed by atoms with van der Waals surface area (Å²) < 4.78 is 38.6. The molecule has 0 saturated carbocycles. The van der Waals surface area contributed by atoms with Crippen LogP contribution in [0.5, 0.6) is 5.75 Å². The van der Waals surface area contributed by atoms with Gasteiger partial charge in [0.05, 0.1) is 29.9 Å². The number of morpholine rings is 1. The Bertz CT molecular complexity index is 1050. The molecule has 1 amide bonds. The number of ether oxygens (including phenoxy) is 2. The molecule has 3 rings (SSSR count). The minimum atomic E-state index is -3.71. The van der Waals surface area contributed by atoms with Crippen molar-refractivity contribution in [1.29, 1.82) is 0 Å². The van der Waals surface area contributed by atoms with Gasteiger partial charge in [0.1, 0.15) is 5.75 Å². The maximum Gasteiger partial charge on any atom is 0.255 e. The van der Waals surface area contributed by atoms with Crippen molar-refractivity contribution in [3.63, 3.8) is 0 Å². The van der Waals surface area contributed by atoms with Crippen molar-refractivity contribution in [3.8, 4) is 5.75 Å². The summed E-state index contributed by atoms with van der Waals surface area (Å²) in [6.45, 7) is 11.4. The smallest absolute Gasteiger partial charge is 0.255 e. The number of hydrogen-bond acceptors (Lipinski definition) is 5. The lowest BCUT2D eigenvalue weighted by Crippen LogP contribution is -2.40. The fourth-order valence-electron chi connectivity index (χ4n) is 3.38. The molecule has 1 fully saturated rings. The summed E-state index contributed by atoms with van der Waals surface area (Å²) in [6, 6.07) is 12.0. The molecule has 1 heterocycles. The average molecular weight is 461 g/mol. The summed E-state index contributed by atoms with van der Waals surface area (Å²) >= 11 is 0. The van der Waals surface area contributed by atoms with Gasteiger partial charge in [0.2, 0.25) is 10.0 Å². The van der Waals surface area contributed by atoms with Gasteiger partial charge in [-0.25, -0.2) is 8.42 Å². The zero-order valence-electron chi connectivity index (χ0n) is 19.3. The molecule has 1 N–H and O–H groups in total. The van der Waals surface area contributed by atoms with Gasteiger partial charge in [-0.05, 0) is 55.2 Å². The molecular weight excluding hydrogens is 428 g/mol. The standard InChI is InChI=1S/C24H32N2O5S/c1-17(2)31-22-11-10-20(32(28,29)26-12-14-30-15-13-26)16-21(22)25-23(27)18-6-8-19(9-7-18)24(3,4)5/h6-11,16-17H,12-15H2,1-5H3,(H,25,27). The van der Waals surface area contributed by atoms with E-state index in [0.29, 0.717) is 43.3 Å². The molecule has 1 aliphatic rings. The van der Waals surface area contributed by atoms with E-state index in [4.69, 9.17) is 9.47 Å². The third-order valence-electron chi connectivity index (χ3n) is 5.18. The summed E-state index contributed by atoms with van der Waals surface area (Å²) in [6.07, 6.45) is -0.140. The maximum atomic E-state index is 13.1. The van der Waals surface area contributed by atoms with Crippen molar-refractivity contribution in [3.05, 3.63) is 53.6 Å². The van der Waals surface area contributed by atoms with Crippen molar-refractivity contribution in [2.75, 3.05) is 31.6 Å². The molecule has 2 aromatic rings. The highest BCUT2D eigenvalue weighted by Crippen LogP contribution is 2.31. The molecule has 0 unspecified atom stereocenters. The van der Waals surface area contributed by atoms with E-state index >= 15 is 0 Å². The third-order valence-corrected chi connectivity index (χ3v) is 7.08. The second-order valence-electron chi connectivity index (χ2n) is 9.12. The van der Waals surface area contributed by atoms with Gasteiger partial charge in [-0.1, -0.05) is 32.9 Å². The van der Waals surface area contributed by atoms with E-state index in [9.17, 15) is 13.2 Å². The minimum absolute atomic E-state index is 0.0184. The molecule has 32 heavy (non-hydrogen) atoms. The molecule has 7 nitrogen and oxygen atoms in total. The fourth-order valence-corrected chi connectivity index (χ4v) is 4.81. The molecule has 174 valence electrons. The number of anilines is 1. The van der Waals surface area contributed by atoms with Crippen LogP contribution in [0.3, 0.4) is 0 Å². The third kappa shape index (κ3) is 5.68. The molecule has 0 radical (unpaired) electrons. The first-order chi connectivity index (χ1) is 15.0.